The fraction of sp³-hybridized carbons (Fsp3) is 0.562. The van der Waals surface area contributed by atoms with Crippen LogP contribution < -0.4 is 10.6 Å². The van der Waals surface area contributed by atoms with Crippen molar-refractivity contribution >= 4 is 33.7 Å². The molecule has 2 saturated carbocycles. The van der Waals surface area contributed by atoms with Gasteiger partial charge in [-0.2, -0.15) is 0 Å². The molecule has 0 spiro atoms. The van der Waals surface area contributed by atoms with E-state index >= 15 is 0 Å². The molecule has 2 aromatic rings. The Bertz CT molecular complexity index is 734. The Morgan fingerprint density at radius 1 is 1.26 bits per heavy atom. The van der Waals surface area contributed by atoms with Crippen LogP contribution in [0.15, 0.2) is 6.07 Å². The molecule has 4 rings (SSSR count). The van der Waals surface area contributed by atoms with Crippen molar-refractivity contribution in [3.05, 3.63) is 26.4 Å². The van der Waals surface area contributed by atoms with Crippen LogP contribution in [0.25, 0.3) is 0 Å². The van der Waals surface area contributed by atoms with Crippen LogP contribution in [-0.4, -0.2) is 28.2 Å². The topological polar surface area (TPSA) is 66.9 Å². The summed E-state index contributed by atoms with van der Waals surface area (Å²) in [6, 6.07) is 3.40. The summed E-state index contributed by atoms with van der Waals surface area (Å²) < 4.78 is 0. The Hall–Kier alpha value is -1.31. The summed E-state index contributed by atoms with van der Waals surface area (Å²) in [6.45, 7) is 3.99. The van der Waals surface area contributed by atoms with E-state index in [4.69, 9.17) is 0 Å². The summed E-state index contributed by atoms with van der Waals surface area (Å²) in [6.07, 6.45) is 5.20. The molecule has 2 unspecified atom stereocenters. The lowest BCUT2D eigenvalue weighted by Gasteiger charge is -2.26. The van der Waals surface area contributed by atoms with E-state index in [1.165, 1.54) is 47.5 Å². The first-order chi connectivity index (χ1) is 11.1. The number of rotatable bonds is 5. The lowest BCUT2D eigenvalue weighted by atomic mass is 9.93. The summed E-state index contributed by atoms with van der Waals surface area (Å²) in [5.41, 5.74) is 1.34. The van der Waals surface area contributed by atoms with Crippen molar-refractivity contribution in [3.8, 4) is 0 Å². The Balaban J connectivity index is 1.41. The fourth-order valence-corrected chi connectivity index (χ4v) is 4.66. The number of hydrogen-bond acceptors (Lipinski definition) is 6. The molecule has 0 radical (unpaired) electrons. The van der Waals surface area contributed by atoms with Gasteiger partial charge in [0.05, 0.1) is 4.88 Å². The molecule has 2 aromatic heterocycles. The van der Waals surface area contributed by atoms with Crippen LogP contribution in [0.4, 0.5) is 5.13 Å². The first-order valence-electron chi connectivity index (χ1n) is 8.08. The van der Waals surface area contributed by atoms with E-state index in [0.29, 0.717) is 17.1 Å². The Labute approximate surface area is 143 Å². The van der Waals surface area contributed by atoms with Gasteiger partial charge < -0.3 is 5.32 Å². The van der Waals surface area contributed by atoms with Crippen LogP contribution in [0.2, 0.25) is 0 Å². The lowest BCUT2D eigenvalue weighted by Crippen LogP contribution is -2.37. The summed E-state index contributed by atoms with van der Waals surface area (Å²) in [4.78, 5) is 14.4. The van der Waals surface area contributed by atoms with Crippen LogP contribution in [-0.2, 0) is 0 Å². The smallest absolute Gasteiger partial charge is 0.267 e. The van der Waals surface area contributed by atoms with Gasteiger partial charge >= 0.3 is 0 Å². The van der Waals surface area contributed by atoms with Crippen molar-refractivity contribution in [3.63, 3.8) is 0 Å². The van der Waals surface area contributed by atoms with E-state index in [1.807, 2.05) is 6.92 Å². The third-order valence-electron chi connectivity index (χ3n) is 4.67. The minimum atomic E-state index is -0.0790. The maximum atomic E-state index is 12.4. The predicted octanol–water partition coefficient (Wildman–Crippen LogP) is 3.47. The van der Waals surface area contributed by atoms with Gasteiger partial charge in [0.1, 0.15) is 5.01 Å². The Morgan fingerprint density at radius 3 is 2.74 bits per heavy atom. The number of hydrogen-bond donors (Lipinski definition) is 2. The molecule has 2 atom stereocenters. The van der Waals surface area contributed by atoms with E-state index in [-0.39, 0.29) is 5.91 Å². The first-order valence-corrected chi connectivity index (χ1v) is 9.71. The molecule has 0 aromatic carbocycles. The van der Waals surface area contributed by atoms with Crippen molar-refractivity contribution in [1.82, 2.24) is 15.5 Å². The number of aryl methyl sites for hydroxylation is 2. The molecule has 2 heterocycles. The largest absolute Gasteiger partial charge is 0.311 e. The number of aromatic nitrogens is 2. The van der Waals surface area contributed by atoms with Crippen LogP contribution in [0.1, 0.15) is 56.7 Å². The zero-order chi connectivity index (χ0) is 16.0. The molecule has 7 heteroatoms. The number of carbonyl (C=O) groups excluding carboxylic acids is 1. The van der Waals surface area contributed by atoms with Crippen molar-refractivity contribution in [2.45, 2.75) is 57.5 Å². The molecular weight excluding hydrogens is 328 g/mol. The Kier molecular flexibility index (Phi) is 3.95. The molecule has 122 valence electrons. The van der Waals surface area contributed by atoms with E-state index in [0.717, 1.165) is 15.9 Å². The second kappa shape index (κ2) is 5.96. The van der Waals surface area contributed by atoms with Crippen LogP contribution in [0, 0.1) is 13.8 Å². The summed E-state index contributed by atoms with van der Waals surface area (Å²) in [7, 11) is 0. The second-order valence-electron chi connectivity index (χ2n) is 6.45. The maximum Gasteiger partial charge on any atom is 0.267 e. The predicted molar refractivity (Wildman–Crippen MR) is 93.6 cm³/mol. The highest BCUT2D eigenvalue weighted by Crippen LogP contribution is 2.45. The van der Waals surface area contributed by atoms with E-state index < -0.39 is 0 Å². The molecule has 2 fully saturated rings. The standard InChI is InChI=1S/C16H20N4OS2/c1-8-11(12-6-13(12)17-10-4-3-5-10)7-14(22-8)15(21)18-16-20-19-9(2)23-16/h7,10,12-13,17H,3-6H2,1-2H3,(H,18,20,21). The molecule has 5 nitrogen and oxygen atoms in total. The normalized spacial score (nSPS) is 23.6. The average Bonchev–Trinajstić information content (AvgIpc) is 2.94. The van der Waals surface area contributed by atoms with Gasteiger partial charge in [-0.05, 0) is 44.7 Å². The number of carbonyl (C=O) groups is 1. The van der Waals surface area contributed by atoms with Gasteiger partial charge in [-0.1, -0.05) is 17.8 Å². The third kappa shape index (κ3) is 3.18. The number of anilines is 1. The van der Waals surface area contributed by atoms with Crippen LogP contribution >= 0.6 is 22.7 Å². The van der Waals surface area contributed by atoms with Crippen molar-refractivity contribution in [2.75, 3.05) is 5.32 Å². The molecule has 23 heavy (non-hydrogen) atoms. The highest BCUT2D eigenvalue weighted by atomic mass is 32.1. The monoisotopic (exact) mass is 348 g/mol. The molecule has 1 amide bonds. The first kappa shape index (κ1) is 15.2. The van der Waals surface area contributed by atoms with Gasteiger partial charge in [-0.25, -0.2) is 0 Å². The zero-order valence-electron chi connectivity index (χ0n) is 13.3. The van der Waals surface area contributed by atoms with Crippen molar-refractivity contribution in [1.29, 1.82) is 0 Å². The van der Waals surface area contributed by atoms with E-state index in [2.05, 4.69) is 33.8 Å². The van der Waals surface area contributed by atoms with Crippen molar-refractivity contribution < 1.29 is 4.79 Å². The van der Waals surface area contributed by atoms with Gasteiger partial charge in [0.25, 0.3) is 5.91 Å². The van der Waals surface area contributed by atoms with Crippen LogP contribution in [0.3, 0.4) is 0 Å². The summed E-state index contributed by atoms with van der Waals surface area (Å²) >= 11 is 2.97. The minimum absolute atomic E-state index is 0.0790. The molecular formula is C16H20N4OS2. The number of nitrogens with zero attached hydrogens (tertiary/aromatic N) is 2. The molecule has 2 aliphatic carbocycles. The zero-order valence-corrected chi connectivity index (χ0v) is 14.9. The lowest BCUT2D eigenvalue weighted by molar-refractivity contribution is 0.103. The fourth-order valence-electron chi connectivity index (χ4n) is 3.08. The Morgan fingerprint density at radius 2 is 2.09 bits per heavy atom. The minimum Gasteiger partial charge on any atom is -0.311 e. The van der Waals surface area contributed by atoms with Gasteiger partial charge in [0, 0.05) is 22.9 Å². The average molecular weight is 348 g/mol. The van der Waals surface area contributed by atoms with Gasteiger partial charge in [0.15, 0.2) is 0 Å². The van der Waals surface area contributed by atoms with Crippen LogP contribution in [0.5, 0.6) is 0 Å². The van der Waals surface area contributed by atoms with Crippen molar-refractivity contribution in [2.24, 2.45) is 0 Å². The van der Waals surface area contributed by atoms with E-state index in [1.54, 1.807) is 11.3 Å². The van der Waals surface area contributed by atoms with Gasteiger partial charge in [-0.15, -0.1) is 21.5 Å². The van der Waals surface area contributed by atoms with E-state index in [9.17, 15) is 4.79 Å². The molecule has 2 aliphatic rings. The molecule has 0 saturated heterocycles. The maximum absolute atomic E-state index is 12.4. The summed E-state index contributed by atoms with van der Waals surface area (Å²) in [5, 5.41) is 15.9. The number of nitrogens with one attached hydrogen (secondary N) is 2. The third-order valence-corrected chi connectivity index (χ3v) is 6.49. The molecule has 2 N–H and O–H groups in total. The summed E-state index contributed by atoms with van der Waals surface area (Å²) in [5.74, 6) is 0.502. The van der Waals surface area contributed by atoms with Gasteiger partial charge in [-0.3, -0.25) is 10.1 Å². The second-order valence-corrected chi connectivity index (χ2v) is 8.88. The highest BCUT2D eigenvalue weighted by Gasteiger charge is 2.41. The SMILES string of the molecule is Cc1nnc(NC(=O)c2cc(C3CC3NC3CCC3)c(C)s2)s1. The quantitative estimate of drug-likeness (QED) is 0.868. The number of amides is 1. The molecule has 0 bridgehead atoms. The number of thiophene rings is 1. The highest BCUT2D eigenvalue weighted by molar-refractivity contribution is 7.16. The molecule has 0 aliphatic heterocycles. The van der Waals surface area contributed by atoms with Gasteiger partial charge in [0.2, 0.25) is 5.13 Å².